The first kappa shape index (κ1) is 21.0. The number of carboxylic acids is 1. The van der Waals surface area contributed by atoms with Crippen molar-refractivity contribution >= 4 is 19.5 Å². The van der Waals surface area contributed by atoms with E-state index in [2.05, 4.69) is 5.32 Å². The quantitative estimate of drug-likeness (QED) is 0.105. The number of rotatable bonds is 9. The number of nitrogens with one attached hydrogen (secondary N) is 1. The number of amides is 1. The number of aliphatic hydroxyl groups excluding tert-OH is 1. The molecule has 0 bridgehead atoms. The molecule has 6 N–H and O–H groups in total. The molecule has 11 heteroatoms. The topological polar surface area (TPSA) is 168 Å². The standard InChI is InChI=1S/C11H23N2O8P/c1-4-6(2)8(10(15)16)9(14)13(18)5-12-7(3)11(17)22(19,20)21/h6-8,11-12,17-18H,4-5H2,1-3H3,(H,15,16)(H2,19,20,21). The highest BCUT2D eigenvalue weighted by Crippen LogP contribution is 2.41. The molecule has 1 amide bonds. The molecule has 0 aliphatic rings. The average Bonchev–Trinajstić information content (AvgIpc) is 2.41. The van der Waals surface area contributed by atoms with Crippen LogP contribution in [0.15, 0.2) is 0 Å². The Morgan fingerprint density at radius 2 is 1.77 bits per heavy atom. The molecule has 4 unspecified atom stereocenters. The Labute approximate surface area is 127 Å². The van der Waals surface area contributed by atoms with Gasteiger partial charge in [-0.25, -0.2) is 5.06 Å². The third-order valence-electron chi connectivity index (χ3n) is 3.35. The molecule has 0 aromatic heterocycles. The maximum atomic E-state index is 11.9. The van der Waals surface area contributed by atoms with Crippen LogP contribution in [0.1, 0.15) is 27.2 Å². The molecule has 0 saturated heterocycles. The third-order valence-corrected chi connectivity index (χ3v) is 4.49. The van der Waals surface area contributed by atoms with E-state index in [1.807, 2.05) is 0 Å². The molecule has 0 aromatic rings. The number of hydrogen-bond acceptors (Lipinski definition) is 6. The Morgan fingerprint density at radius 1 is 1.27 bits per heavy atom. The summed E-state index contributed by atoms with van der Waals surface area (Å²) in [6.45, 7) is 3.91. The average molecular weight is 342 g/mol. The lowest BCUT2D eigenvalue weighted by Gasteiger charge is -2.26. The van der Waals surface area contributed by atoms with E-state index < -0.39 is 49.9 Å². The fraction of sp³-hybridized carbons (Fsp3) is 0.818. The molecule has 10 nitrogen and oxygen atoms in total. The first-order valence-corrected chi connectivity index (χ1v) is 8.31. The SMILES string of the molecule is CCC(C)C(C(=O)O)C(=O)N(O)CNC(C)C(O)P(=O)(O)O. The van der Waals surface area contributed by atoms with E-state index in [-0.39, 0.29) is 5.06 Å². The summed E-state index contributed by atoms with van der Waals surface area (Å²) in [5, 5.41) is 30.4. The molecule has 4 atom stereocenters. The zero-order valence-corrected chi connectivity index (χ0v) is 13.5. The van der Waals surface area contributed by atoms with E-state index in [1.54, 1.807) is 13.8 Å². The highest BCUT2D eigenvalue weighted by molar-refractivity contribution is 7.52. The lowest BCUT2D eigenvalue weighted by molar-refractivity contribution is -0.179. The number of carboxylic acid groups (broad SMARTS) is 1. The summed E-state index contributed by atoms with van der Waals surface area (Å²) in [6, 6.07) is -1.13. The van der Waals surface area contributed by atoms with Gasteiger partial charge in [0.1, 0.15) is 5.92 Å². The van der Waals surface area contributed by atoms with Crippen LogP contribution in [0.4, 0.5) is 0 Å². The number of aliphatic hydroxyl groups is 1. The van der Waals surface area contributed by atoms with Gasteiger partial charge in [0.05, 0.1) is 6.67 Å². The summed E-state index contributed by atoms with van der Waals surface area (Å²) in [4.78, 5) is 40.6. The smallest absolute Gasteiger partial charge is 0.355 e. The number of nitrogens with zero attached hydrogens (tertiary/aromatic N) is 1. The summed E-state index contributed by atoms with van der Waals surface area (Å²) < 4.78 is 10.9. The highest BCUT2D eigenvalue weighted by atomic mass is 31.2. The summed E-state index contributed by atoms with van der Waals surface area (Å²) in [5.74, 6) is -6.37. The van der Waals surface area contributed by atoms with E-state index in [0.717, 1.165) is 0 Å². The van der Waals surface area contributed by atoms with Crippen molar-refractivity contribution in [3.05, 3.63) is 0 Å². The van der Waals surface area contributed by atoms with Crippen molar-refractivity contribution in [2.45, 2.75) is 39.1 Å². The minimum Gasteiger partial charge on any atom is -0.481 e. The van der Waals surface area contributed by atoms with Crippen molar-refractivity contribution in [3.8, 4) is 0 Å². The van der Waals surface area contributed by atoms with Crippen LogP contribution in [-0.4, -0.2) is 60.7 Å². The zero-order valence-electron chi connectivity index (χ0n) is 12.6. The van der Waals surface area contributed by atoms with Gasteiger partial charge in [0.15, 0.2) is 5.85 Å². The van der Waals surface area contributed by atoms with Crippen LogP contribution in [0.3, 0.4) is 0 Å². The van der Waals surface area contributed by atoms with Crippen molar-refractivity contribution in [1.82, 2.24) is 10.4 Å². The van der Waals surface area contributed by atoms with Crippen LogP contribution in [0.5, 0.6) is 0 Å². The van der Waals surface area contributed by atoms with Gasteiger partial charge in [-0.05, 0) is 12.8 Å². The minimum atomic E-state index is -4.74. The lowest BCUT2D eigenvalue weighted by atomic mass is 9.91. The van der Waals surface area contributed by atoms with E-state index in [9.17, 15) is 24.5 Å². The van der Waals surface area contributed by atoms with Gasteiger partial charge in [-0.2, -0.15) is 0 Å². The second-order valence-corrected chi connectivity index (χ2v) is 6.80. The number of hydroxylamine groups is 2. The highest BCUT2D eigenvalue weighted by Gasteiger charge is 2.35. The monoisotopic (exact) mass is 342 g/mol. The number of carbonyl (C=O) groups is 2. The predicted molar refractivity (Wildman–Crippen MR) is 74.7 cm³/mol. The summed E-state index contributed by atoms with van der Waals surface area (Å²) in [6.07, 6.45) is 0.414. The maximum absolute atomic E-state index is 11.9. The van der Waals surface area contributed by atoms with Crippen LogP contribution in [0.2, 0.25) is 0 Å². The fourth-order valence-electron chi connectivity index (χ4n) is 1.69. The molecule has 130 valence electrons. The van der Waals surface area contributed by atoms with Crippen molar-refractivity contribution in [3.63, 3.8) is 0 Å². The number of hydrogen-bond donors (Lipinski definition) is 6. The molecule has 0 rings (SSSR count). The zero-order chi connectivity index (χ0) is 17.7. The third kappa shape index (κ3) is 5.99. The largest absolute Gasteiger partial charge is 0.481 e. The second kappa shape index (κ2) is 8.56. The van der Waals surface area contributed by atoms with Crippen LogP contribution < -0.4 is 5.32 Å². The molecule has 0 spiro atoms. The molecule has 0 fully saturated rings. The van der Waals surface area contributed by atoms with E-state index in [0.29, 0.717) is 6.42 Å². The van der Waals surface area contributed by atoms with Crippen molar-refractivity contribution < 1.29 is 39.4 Å². The van der Waals surface area contributed by atoms with Crippen molar-refractivity contribution in [2.75, 3.05) is 6.67 Å². The molecule has 0 radical (unpaired) electrons. The van der Waals surface area contributed by atoms with Crippen LogP contribution in [0, 0.1) is 11.8 Å². The Kier molecular flexibility index (Phi) is 8.16. The normalized spacial score (nSPS) is 17.4. The van der Waals surface area contributed by atoms with Gasteiger partial charge in [-0.15, -0.1) is 0 Å². The van der Waals surface area contributed by atoms with Gasteiger partial charge >= 0.3 is 13.6 Å². The van der Waals surface area contributed by atoms with Gasteiger partial charge in [0, 0.05) is 6.04 Å². The predicted octanol–water partition coefficient (Wildman–Crippen LogP) is -0.617. The fourth-order valence-corrected chi connectivity index (χ4v) is 2.38. The van der Waals surface area contributed by atoms with E-state index in [1.165, 1.54) is 6.92 Å². The lowest BCUT2D eigenvalue weighted by Crippen LogP contribution is -2.48. The van der Waals surface area contributed by atoms with Gasteiger partial charge in [0.2, 0.25) is 0 Å². The van der Waals surface area contributed by atoms with Crippen LogP contribution in [-0.2, 0) is 14.2 Å². The molecular weight excluding hydrogens is 319 g/mol. The Bertz CT molecular complexity index is 440. The number of carbonyl (C=O) groups excluding carboxylic acids is 1. The second-order valence-electron chi connectivity index (χ2n) is 5.09. The Hall–Kier alpha value is -1.03. The van der Waals surface area contributed by atoms with Crippen LogP contribution in [0.25, 0.3) is 0 Å². The molecule has 0 heterocycles. The van der Waals surface area contributed by atoms with Crippen molar-refractivity contribution in [1.29, 1.82) is 0 Å². The van der Waals surface area contributed by atoms with Gasteiger partial charge in [-0.1, -0.05) is 20.3 Å². The van der Waals surface area contributed by atoms with Gasteiger partial charge < -0.3 is 20.0 Å². The molecular formula is C11H23N2O8P. The molecule has 0 aromatic carbocycles. The Balaban J connectivity index is 4.71. The number of aliphatic carboxylic acids is 1. The maximum Gasteiger partial charge on any atom is 0.355 e. The summed E-state index contributed by atoms with van der Waals surface area (Å²) in [5.41, 5.74) is 0. The van der Waals surface area contributed by atoms with Crippen molar-refractivity contribution in [2.24, 2.45) is 11.8 Å². The minimum absolute atomic E-state index is 0.119. The van der Waals surface area contributed by atoms with Gasteiger partial charge in [0.25, 0.3) is 5.91 Å². The first-order valence-electron chi connectivity index (χ1n) is 6.63. The van der Waals surface area contributed by atoms with Gasteiger partial charge in [-0.3, -0.25) is 24.7 Å². The summed E-state index contributed by atoms with van der Waals surface area (Å²) in [7, 11) is -4.74. The Morgan fingerprint density at radius 3 is 2.14 bits per heavy atom. The first-order chi connectivity index (χ1) is 9.93. The summed E-state index contributed by atoms with van der Waals surface area (Å²) >= 11 is 0. The molecule has 0 saturated carbocycles. The van der Waals surface area contributed by atoms with E-state index in [4.69, 9.17) is 14.9 Å². The molecule has 0 aliphatic carbocycles. The molecule has 0 aliphatic heterocycles. The van der Waals surface area contributed by atoms with Crippen LogP contribution >= 0.6 is 7.60 Å². The molecule has 22 heavy (non-hydrogen) atoms. The van der Waals surface area contributed by atoms with E-state index >= 15 is 0 Å².